The van der Waals surface area contributed by atoms with Crippen LogP contribution in [-0.2, 0) is 16.4 Å². The largest absolute Gasteiger partial charge is 0.348 e. The van der Waals surface area contributed by atoms with Crippen LogP contribution in [0.3, 0.4) is 0 Å². The van der Waals surface area contributed by atoms with Crippen molar-refractivity contribution in [2.45, 2.75) is 32.9 Å². The molecule has 1 unspecified atom stereocenters. The highest BCUT2D eigenvalue weighted by molar-refractivity contribution is 7.91. The Morgan fingerprint density at radius 2 is 2.08 bits per heavy atom. The highest BCUT2D eigenvalue weighted by atomic mass is 35.5. The summed E-state index contributed by atoms with van der Waals surface area (Å²) in [4.78, 5) is 12.6. The number of benzene rings is 1. The van der Waals surface area contributed by atoms with Gasteiger partial charge >= 0.3 is 0 Å². The Balaban J connectivity index is 1.80. The Kier molecular flexibility index (Phi) is 4.88. The molecule has 1 atom stereocenters. The van der Waals surface area contributed by atoms with Gasteiger partial charge in [-0.05, 0) is 31.9 Å². The molecule has 1 aromatic carbocycles. The van der Waals surface area contributed by atoms with Crippen LogP contribution in [-0.4, -0.2) is 41.7 Å². The van der Waals surface area contributed by atoms with Gasteiger partial charge in [0.25, 0.3) is 5.91 Å². The molecule has 0 saturated carbocycles. The maximum absolute atomic E-state index is 12.6. The molecule has 1 saturated heterocycles. The van der Waals surface area contributed by atoms with Crippen LogP contribution in [0.4, 0.5) is 0 Å². The van der Waals surface area contributed by atoms with E-state index >= 15 is 0 Å². The molecule has 0 spiro atoms. The lowest BCUT2D eigenvalue weighted by atomic mass is 10.1. The molecule has 1 aromatic heterocycles. The summed E-state index contributed by atoms with van der Waals surface area (Å²) in [5, 5.41) is 7.92. The van der Waals surface area contributed by atoms with E-state index in [9.17, 15) is 13.2 Å². The molecule has 0 radical (unpaired) electrons. The SMILES string of the molecule is Cc1nn(Cc2ccccc2Cl)c(C)c1C(=O)NC1CCS(=O)(=O)C1. The van der Waals surface area contributed by atoms with Gasteiger partial charge in [-0.2, -0.15) is 5.10 Å². The summed E-state index contributed by atoms with van der Waals surface area (Å²) >= 11 is 6.20. The fourth-order valence-corrected chi connectivity index (χ4v) is 5.00. The molecule has 6 nitrogen and oxygen atoms in total. The smallest absolute Gasteiger partial charge is 0.255 e. The lowest BCUT2D eigenvalue weighted by Crippen LogP contribution is -2.36. The van der Waals surface area contributed by atoms with Crippen molar-refractivity contribution in [1.29, 1.82) is 0 Å². The lowest BCUT2D eigenvalue weighted by molar-refractivity contribution is 0.0940. The van der Waals surface area contributed by atoms with Gasteiger partial charge in [-0.15, -0.1) is 0 Å². The van der Waals surface area contributed by atoms with Crippen molar-refractivity contribution >= 4 is 27.3 Å². The first kappa shape index (κ1) is 17.9. The van der Waals surface area contributed by atoms with E-state index < -0.39 is 9.84 Å². The first-order valence-corrected chi connectivity index (χ1v) is 10.3. The Morgan fingerprint density at radius 3 is 2.72 bits per heavy atom. The van der Waals surface area contributed by atoms with Crippen molar-refractivity contribution in [2.75, 3.05) is 11.5 Å². The number of sulfone groups is 1. The van der Waals surface area contributed by atoms with Crippen molar-refractivity contribution in [3.63, 3.8) is 0 Å². The maximum atomic E-state index is 12.6. The van der Waals surface area contributed by atoms with Gasteiger partial charge in [0.15, 0.2) is 9.84 Å². The minimum atomic E-state index is -3.03. The standard InChI is InChI=1S/C17H20ClN3O3S/c1-11-16(17(22)19-14-7-8-25(23,24)10-14)12(2)21(20-11)9-13-5-3-4-6-15(13)18/h3-6,14H,7-10H2,1-2H3,(H,19,22). The second kappa shape index (κ2) is 6.80. The summed E-state index contributed by atoms with van der Waals surface area (Å²) < 4.78 is 24.9. The zero-order chi connectivity index (χ0) is 18.2. The summed E-state index contributed by atoms with van der Waals surface area (Å²) in [5.41, 5.74) is 2.76. The molecule has 1 aliphatic rings. The second-order valence-corrected chi connectivity index (χ2v) is 9.00. The van der Waals surface area contributed by atoms with E-state index in [1.165, 1.54) is 0 Å². The number of rotatable bonds is 4. The van der Waals surface area contributed by atoms with Gasteiger partial charge in [0.05, 0.1) is 29.3 Å². The first-order valence-electron chi connectivity index (χ1n) is 8.05. The zero-order valence-electron chi connectivity index (χ0n) is 14.1. The van der Waals surface area contributed by atoms with E-state index in [4.69, 9.17) is 11.6 Å². The van der Waals surface area contributed by atoms with Gasteiger partial charge in [0.1, 0.15) is 0 Å². The van der Waals surface area contributed by atoms with Gasteiger partial charge in [-0.1, -0.05) is 29.8 Å². The second-order valence-electron chi connectivity index (χ2n) is 6.37. The number of aromatic nitrogens is 2. The predicted octanol–water partition coefficient (Wildman–Crippen LogP) is 2.12. The average molecular weight is 382 g/mol. The number of carbonyl (C=O) groups excluding carboxylic acids is 1. The van der Waals surface area contributed by atoms with Gasteiger partial charge in [0, 0.05) is 16.8 Å². The van der Waals surface area contributed by atoms with Crippen LogP contribution >= 0.6 is 11.6 Å². The number of halogens is 1. The molecule has 2 heterocycles. The van der Waals surface area contributed by atoms with Gasteiger partial charge < -0.3 is 5.32 Å². The third kappa shape index (κ3) is 3.88. The monoisotopic (exact) mass is 381 g/mol. The quantitative estimate of drug-likeness (QED) is 0.879. The summed E-state index contributed by atoms with van der Waals surface area (Å²) in [6.45, 7) is 4.07. The Labute approximate surface area is 152 Å². The first-order chi connectivity index (χ1) is 11.8. The number of hydrogen-bond acceptors (Lipinski definition) is 4. The van der Waals surface area contributed by atoms with Crippen LogP contribution in [0.15, 0.2) is 24.3 Å². The van der Waals surface area contributed by atoms with E-state index in [-0.39, 0.29) is 23.5 Å². The van der Waals surface area contributed by atoms with E-state index in [0.29, 0.717) is 29.2 Å². The predicted molar refractivity (Wildman–Crippen MR) is 96.8 cm³/mol. The van der Waals surface area contributed by atoms with Crippen LogP contribution < -0.4 is 5.32 Å². The number of amides is 1. The molecule has 8 heteroatoms. The van der Waals surface area contributed by atoms with Crippen LogP contribution in [0.2, 0.25) is 5.02 Å². The van der Waals surface area contributed by atoms with E-state index in [1.54, 1.807) is 11.6 Å². The minimum Gasteiger partial charge on any atom is -0.348 e. The van der Waals surface area contributed by atoms with Gasteiger partial charge in [-0.25, -0.2) is 8.42 Å². The normalized spacial score (nSPS) is 19.1. The van der Waals surface area contributed by atoms with Crippen molar-refractivity contribution in [3.8, 4) is 0 Å². The molecule has 25 heavy (non-hydrogen) atoms. The van der Waals surface area contributed by atoms with Crippen LogP contribution in [0.5, 0.6) is 0 Å². The number of carbonyl (C=O) groups is 1. The molecule has 1 amide bonds. The molecule has 1 aliphatic heterocycles. The highest BCUT2D eigenvalue weighted by Gasteiger charge is 2.30. The van der Waals surface area contributed by atoms with Crippen LogP contribution in [0.1, 0.15) is 33.7 Å². The fourth-order valence-electron chi connectivity index (χ4n) is 3.13. The summed E-state index contributed by atoms with van der Waals surface area (Å²) in [7, 11) is -3.03. The summed E-state index contributed by atoms with van der Waals surface area (Å²) in [6, 6.07) is 7.17. The van der Waals surface area contributed by atoms with Gasteiger partial charge in [-0.3, -0.25) is 9.48 Å². The van der Waals surface area contributed by atoms with E-state index in [0.717, 1.165) is 11.3 Å². The number of hydrogen-bond donors (Lipinski definition) is 1. The molecule has 0 aliphatic carbocycles. The van der Waals surface area contributed by atoms with Crippen molar-refractivity contribution < 1.29 is 13.2 Å². The zero-order valence-corrected chi connectivity index (χ0v) is 15.7. The average Bonchev–Trinajstić information content (AvgIpc) is 3.00. The molecule has 2 aromatic rings. The molecule has 3 rings (SSSR count). The summed E-state index contributed by atoms with van der Waals surface area (Å²) in [6.07, 6.45) is 0.458. The van der Waals surface area contributed by atoms with Crippen LogP contribution in [0.25, 0.3) is 0 Å². The number of nitrogens with zero attached hydrogens (tertiary/aromatic N) is 2. The molecular formula is C17H20ClN3O3S. The molecule has 1 fully saturated rings. The Hall–Kier alpha value is -1.86. The third-order valence-electron chi connectivity index (χ3n) is 4.45. The summed E-state index contributed by atoms with van der Waals surface area (Å²) in [5.74, 6) is -0.144. The van der Waals surface area contributed by atoms with Crippen LogP contribution in [0, 0.1) is 13.8 Å². The van der Waals surface area contributed by atoms with Gasteiger partial charge in [0.2, 0.25) is 0 Å². The Morgan fingerprint density at radius 1 is 1.36 bits per heavy atom. The maximum Gasteiger partial charge on any atom is 0.255 e. The topological polar surface area (TPSA) is 81.1 Å². The van der Waals surface area contributed by atoms with E-state index in [1.807, 2.05) is 31.2 Å². The van der Waals surface area contributed by atoms with Crippen molar-refractivity contribution in [2.24, 2.45) is 0 Å². The van der Waals surface area contributed by atoms with Crippen molar-refractivity contribution in [1.82, 2.24) is 15.1 Å². The third-order valence-corrected chi connectivity index (χ3v) is 6.59. The fraction of sp³-hybridized carbons (Fsp3) is 0.412. The lowest BCUT2D eigenvalue weighted by Gasteiger charge is -2.11. The molecular weight excluding hydrogens is 362 g/mol. The Bertz CT molecular complexity index is 921. The molecule has 1 N–H and O–H groups in total. The highest BCUT2D eigenvalue weighted by Crippen LogP contribution is 2.20. The number of nitrogens with one attached hydrogen (secondary N) is 1. The minimum absolute atomic E-state index is 0.00456. The van der Waals surface area contributed by atoms with E-state index in [2.05, 4.69) is 10.4 Å². The molecule has 134 valence electrons. The van der Waals surface area contributed by atoms with Crippen molar-refractivity contribution in [3.05, 3.63) is 51.8 Å². The number of aryl methyl sites for hydroxylation is 1. The molecule has 0 bridgehead atoms.